The largest absolute Gasteiger partial charge is 0.317 e. The van der Waals surface area contributed by atoms with Gasteiger partial charge in [-0.3, -0.25) is 19.8 Å². The van der Waals surface area contributed by atoms with Gasteiger partial charge in [-0.25, -0.2) is 0 Å². The van der Waals surface area contributed by atoms with Crippen LogP contribution in [-0.2, 0) is 9.59 Å². The van der Waals surface area contributed by atoms with Crippen LogP contribution in [-0.4, -0.2) is 21.5 Å². The SMILES string of the molecule is Cc1cccc(N2C(=O)C(=Cc3cccn3-c3ccccc3)C(=O)NC2=S)c1. The van der Waals surface area contributed by atoms with Gasteiger partial charge in [-0.15, -0.1) is 0 Å². The number of amides is 2. The molecule has 1 saturated heterocycles. The van der Waals surface area contributed by atoms with Crippen LogP contribution in [0.3, 0.4) is 0 Å². The molecule has 0 unspecified atom stereocenters. The fourth-order valence-electron chi connectivity index (χ4n) is 3.14. The molecule has 2 amide bonds. The van der Waals surface area contributed by atoms with E-state index in [1.54, 1.807) is 12.1 Å². The summed E-state index contributed by atoms with van der Waals surface area (Å²) in [6.45, 7) is 1.93. The van der Waals surface area contributed by atoms with Gasteiger partial charge < -0.3 is 4.57 Å². The Balaban J connectivity index is 1.76. The van der Waals surface area contributed by atoms with Gasteiger partial charge in [-0.05, 0) is 67.2 Å². The van der Waals surface area contributed by atoms with Crippen molar-refractivity contribution in [2.45, 2.75) is 6.92 Å². The van der Waals surface area contributed by atoms with Gasteiger partial charge in [0.2, 0.25) is 0 Å². The first-order chi connectivity index (χ1) is 13.5. The average Bonchev–Trinajstić information content (AvgIpc) is 3.14. The first-order valence-electron chi connectivity index (χ1n) is 8.75. The van der Waals surface area contributed by atoms with Crippen molar-refractivity contribution in [3.05, 3.63) is 89.8 Å². The lowest BCUT2D eigenvalue weighted by Gasteiger charge is -2.29. The standard InChI is InChI=1S/C22H17N3O2S/c1-15-7-5-10-18(13-15)25-21(27)19(20(26)23-22(25)28)14-17-11-6-12-24(17)16-8-3-2-4-9-16/h2-14H,1H3,(H,23,26,28). The highest BCUT2D eigenvalue weighted by Crippen LogP contribution is 2.23. The Morgan fingerprint density at radius 2 is 1.68 bits per heavy atom. The Kier molecular flexibility index (Phi) is 4.63. The van der Waals surface area contributed by atoms with E-state index in [1.807, 2.05) is 78.4 Å². The van der Waals surface area contributed by atoms with Gasteiger partial charge in [-0.1, -0.05) is 30.3 Å². The van der Waals surface area contributed by atoms with Crippen molar-refractivity contribution < 1.29 is 9.59 Å². The summed E-state index contributed by atoms with van der Waals surface area (Å²) in [4.78, 5) is 27.0. The van der Waals surface area contributed by atoms with E-state index in [1.165, 1.54) is 4.90 Å². The summed E-state index contributed by atoms with van der Waals surface area (Å²) in [6, 6.07) is 20.9. The van der Waals surface area contributed by atoms with E-state index >= 15 is 0 Å². The van der Waals surface area contributed by atoms with E-state index in [-0.39, 0.29) is 10.7 Å². The zero-order valence-electron chi connectivity index (χ0n) is 15.1. The number of aryl methyl sites for hydroxylation is 1. The molecule has 2 heterocycles. The van der Waals surface area contributed by atoms with Crippen molar-refractivity contribution in [2.24, 2.45) is 0 Å². The van der Waals surface area contributed by atoms with Crippen LogP contribution >= 0.6 is 12.2 Å². The van der Waals surface area contributed by atoms with E-state index in [9.17, 15) is 9.59 Å². The molecule has 0 atom stereocenters. The van der Waals surface area contributed by atoms with Gasteiger partial charge in [0.25, 0.3) is 11.8 Å². The summed E-state index contributed by atoms with van der Waals surface area (Å²) in [5.41, 5.74) is 3.31. The second kappa shape index (κ2) is 7.25. The van der Waals surface area contributed by atoms with Crippen LogP contribution in [0.4, 0.5) is 5.69 Å². The minimum Gasteiger partial charge on any atom is -0.317 e. The predicted octanol–water partition coefficient (Wildman–Crippen LogP) is 3.62. The molecule has 0 spiro atoms. The fourth-order valence-corrected chi connectivity index (χ4v) is 3.42. The Labute approximate surface area is 167 Å². The number of hydrogen-bond donors (Lipinski definition) is 1. The normalized spacial score (nSPS) is 15.8. The number of aromatic nitrogens is 1. The Bertz CT molecular complexity index is 1120. The molecule has 6 heteroatoms. The molecule has 1 aromatic heterocycles. The highest BCUT2D eigenvalue weighted by molar-refractivity contribution is 7.80. The smallest absolute Gasteiger partial charge is 0.270 e. The van der Waals surface area contributed by atoms with Crippen LogP contribution in [0.1, 0.15) is 11.3 Å². The topological polar surface area (TPSA) is 54.3 Å². The summed E-state index contributed by atoms with van der Waals surface area (Å²) in [7, 11) is 0. The zero-order valence-corrected chi connectivity index (χ0v) is 15.9. The van der Waals surface area contributed by atoms with Gasteiger partial charge in [-0.2, -0.15) is 0 Å². The quantitative estimate of drug-likeness (QED) is 0.424. The number of rotatable bonds is 3. The van der Waals surface area contributed by atoms with Crippen molar-refractivity contribution in [1.29, 1.82) is 0 Å². The van der Waals surface area contributed by atoms with Crippen LogP contribution in [0.2, 0.25) is 0 Å². The maximum Gasteiger partial charge on any atom is 0.270 e. The number of nitrogens with one attached hydrogen (secondary N) is 1. The second-order valence-electron chi connectivity index (χ2n) is 6.44. The van der Waals surface area contributed by atoms with Crippen LogP contribution in [0, 0.1) is 6.92 Å². The third-order valence-corrected chi connectivity index (χ3v) is 4.75. The summed E-state index contributed by atoms with van der Waals surface area (Å²) in [5, 5.41) is 2.70. The maximum absolute atomic E-state index is 13.1. The Hall–Kier alpha value is -3.51. The molecule has 0 saturated carbocycles. The summed E-state index contributed by atoms with van der Waals surface area (Å²) in [6.07, 6.45) is 3.48. The molecular formula is C22H17N3O2S. The maximum atomic E-state index is 13.1. The number of hydrogen-bond acceptors (Lipinski definition) is 3. The first-order valence-corrected chi connectivity index (χ1v) is 9.16. The van der Waals surface area contributed by atoms with Crippen molar-refractivity contribution in [1.82, 2.24) is 9.88 Å². The van der Waals surface area contributed by atoms with Crippen LogP contribution in [0.5, 0.6) is 0 Å². The third kappa shape index (κ3) is 3.25. The van der Waals surface area contributed by atoms with Crippen LogP contribution < -0.4 is 10.2 Å². The van der Waals surface area contributed by atoms with Crippen molar-refractivity contribution in [3.63, 3.8) is 0 Å². The first kappa shape index (κ1) is 17.9. The minimum atomic E-state index is -0.500. The van der Waals surface area contributed by atoms with Gasteiger partial charge in [0, 0.05) is 17.6 Å². The van der Waals surface area contributed by atoms with Gasteiger partial charge >= 0.3 is 0 Å². The van der Waals surface area contributed by atoms with Crippen LogP contribution in [0.25, 0.3) is 11.8 Å². The van der Waals surface area contributed by atoms with E-state index in [0.717, 1.165) is 16.9 Å². The highest BCUT2D eigenvalue weighted by atomic mass is 32.1. The minimum absolute atomic E-state index is 0.0333. The fraction of sp³-hybridized carbons (Fsp3) is 0.0455. The number of nitrogens with zero attached hydrogens (tertiary/aromatic N) is 2. The van der Waals surface area contributed by atoms with Gasteiger partial charge in [0.1, 0.15) is 5.57 Å². The molecule has 0 bridgehead atoms. The lowest BCUT2D eigenvalue weighted by atomic mass is 10.1. The van der Waals surface area contributed by atoms with Crippen molar-refractivity contribution in [2.75, 3.05) is 4.90 Å². The van der Waals surface area contributed by atoms with E-state index < -0.39 is 11.8 Å². The van der Waals surface area contributed by atoms with E-state index in [4.69, 9.17) is 12.2 Å². The lowest BCUT2D eigenvalue weighted by Crippen LogP contribution is -2.54. The molecule has 1 aliphatic rings. The van der Waals surface area contributed by atoms with Gasteiger partial charge in [0.15, 0.2) is 5.11 Å². The Morgan fingerprint density at radius 3 is 2.43 bits per heavy atom. The molecule has 4 rings (SSSR count). The van der Waals surface area contributed by atoms with E-state index in [0.29, 0.717) is 5.69 Å². The number of thiocarbonyl (C=S) groups is 1. The predicted molar refractivity (Wildman–Crippen MR) is 113 cm³/mol. The van der Waals surface area contributed by atoms with Crippen LogP contribution in [0.15, 0.2) is 78.5 Å². The Morgan fingerprint density at radius 1 is 0.929 bits per heavy atom. The van der Waals surface area contributed by atoms with Crippen molar-refractivity contribution >= 4 is 40.9 Å². The molecule has 2 aromatic carbocycles. The second-order valence-corrected chi connectivity index (χ2v) is 6.82. The molecule has 3 aromatic rings. The molecule has 138 valence electrons. The molecule has 5 nitrogen and oxygen atoms in total. The highest BCUT2D eigenvalue weighted by Gasteiger charge is 2.34. The molecule has 28 heavy (non-hydrogen) atoms. The molecule has 0 radical (unpaired) electrons. The third-order valence-electron chi connectivity index (χ3n) is 4.47. The zero-order chi connectivity index (χ0) is 19.7. The van der Waals surface area contributed by atoms with E-state index in [2.05, 4.69) is 5.32 Å². The number of para-hydroxylation sites is 1. The molecule has 1 N–H and O–H groups in total. The summed E-state index contributed by atoms with van der Waals surface area (Å²) in [5.74, 6) is -0.945. The summed E-state index contributed by atoms with van der Waals surface area (Å²) >= 11 is 5.25. The molecular weight excluding hydrogens is 370 g/mol. The average molecular weight is 387 g/mol. The monoisotopic (exact) mass is 387 g/mol. The number of carbonyl (C=O) groups is 2. The number of anilines is 1. The molecule has 1 fully saturated rings. The number of benzene rings is 2. The summed E-state index contributed by atoms with van der Waals surface area (Å²) < 4.78 is 1.91. The number of carbonyl (C=O) groups excluding carboxylic acids is 2. The van der Waals surface area contributed by atoms with Gasteiger partial charge in [0.05, 0.1) is 5.69 Å². The lowest BCUT2D eigenvalue weighted by molar-refractivity contribution is -0.122. The van der Waals surface area contributed by atoms with Crippen molar-refractivity contribution in [3.8, 4) is 5.69 Å². The molecule has 1 aliphatic heterocycles. The molecule has 0 aliphatic carbocycles.